The minimum absolute atomic E-state index is 0.0336. The van der Waals surface area contributed by atoms with Gasteiger partial charge in [0.25, 0.3) is 0 Å². The molecule has 0 aliphatic carbocycles. The van der Waals surface area contributed by atoms with Crippen LogP contribution in [0.4, 0.5) is 9.18 Å². The van der Waals surface area contributed by atoms with Gasteiger partial charge in [-0.15, -0.1) is 0 Å². The molecule has 1 aromatic heterocycles. The fourth-order valence-electron chi connectivity index (χ4n) is 4.59. The topological polar surface area (TPSA) is 61.2 Å². The Bertz CT molecular complexity index is 862. The maximum Gasteiger partial charge on any atom is 0.317 e. The first-order chi connectivity index (χ1) is 15.6. The molecule has 0 bridgehead atoms. The number of rotatable bonds is 7. The van der Waals surface area contributed by atoms with E-state index in [1.165, 1.54) is 32.4 Å². The molecule has 8 heteroatoms. The van der Waals surface area contributed by atoms with E-state index in [1.54, 1.807) is 12.3 Å². The van der Waals surface area contributed by atoms with Gasteiger partial charge in [-0.3, -0.25) is 9.80 Å². The number of piperazine rings is 1. The van der Waals surface area contributed by atoms with Gasteiger partial charge < -0.3 is 19.4 Å². The highest BCUT2D eigenvalue weighted by atomic mass is 19.1. The molecular weight excluding hydrogens is 411 g/mol. The van der Waals surface area contributed by atoms with E-state index in [9.17, 15) is 9.18 Å². The number of hydrogen-bond donors (Lipinski definition) is 1. The largest absolute Gasteiger partial charge is 0.494 e. The molecular formula is C24H33FN4O3. The second-order valence-corrected chi connectivity index (χ2v) is 8.55. The van der Waals surface area contributed by atoms with Crippen molar-refractivity contribution in [3.05, 3.63) is 53.7 Å². The van der Waals surface area contributed by atoms with Gasteiger partial charge in [-0.2, -0.15) is 0 Å². The predicted octanol–water partition coefficient (Wildman–Crippen LogP) is 3.48. The molecule has 2 aromatic rings. The molecule has 0 saturated carbocycles. The third-order valence-corrected chi connectivity index (χ3v) is 6.43. The molecule has 1 aromatic carbocycles. The summed E-state index contributed by atoms with van der Waals surface area (Å²) in [6.45, 7) is 6.09. The van der Waals surface area contributed by atoms with E-state index < -0.39 is 0 Å². The number of urea groups is 1. The summed E-state index contributed by atoms with van der Waals surface area (Å²) >= 11 is 0. The van der Waals surface area contributed by atoms with E-state index >= 15 is 0 Å². The molecule has 2 saturated heterocycles. The Labute approximate surface area is 189 Å². The van der Waals surface area contributed by atoms with Gasteiger partial charge in [0.05, 0.1) is 19.4 Å². The number of piperidine rings is 1. The van der Waals surface area contributed by atoms with Gasteiger partial charge >= 0.3 is 6.03 Å². The van der Waals surface area contributed by atoms with Crippen LogP contribution in [0.1, 0.15) is 36.6 Å². The number of likely N-dealkylation sites (tertiary alicyclic amines) is 1. The fraction of sp³-hybridized carbons (Fsp3) is 0.542. The van der Waals surface area contributed by atoms with Crippen LogP contribution in [0.25, 0.3) is 0 Å². The molecule has 2 amide bonds. The van der Waals surface area contributed by atoms with Crippen molar-refractivity contribution in [2.75, 3.05) is 52.9 Å². The lowest BCUT2D eigenvalue weighted by Gasteiger charge is -2.36. The highest BCUT2D eigenvalue weighted by Crippen LogP contribution is 2.24. The summed E-state index contributed by atoms with van der Waals surface area (Å²) in [6, 6.07) is 9.00. The van der Waals surface area contributed by atoms with E-state index in [-0.39, 0.29) is 23.6 Å². The third-order valence-electron chi connectivity index (χ3n) is 6.43. The minimum atomic E-state index is -0.345. The molecule has 2 aliphatic heterocycles. The van der Waals surface area contributed by atoms with Crippen molar-refractivity contribution in [3.8, 4) is 5.75 Å². The Balaban J connectivity index is 1.26. The molecule has 1 N–H and O–H groups in total. The average molecular weight is 445 g/mol. The zero-order chi connectivity index (χ0) is 22.3. The summed E-state index contributed by atoms with van der Waals surface area (Å²) in [5, 5.41) is 3.13. The summed E-state index contributed by atoms with van der Waals surface area (Å²) < 4.78 is 24.6. The number of nitrogens with zero attached hydrogens (tertiary/aromatic N) is 3. The van der Waals surface area contributed by atoms with Gasteiger partial charge in [0.2, 0.25) is 0 Å². The molecule has 0 spiro atoms. The number of furan rings is 1. The van der Waals surface area contributed by atoms with Crippen LogP contribution in [0.5, 0.6) is 5.75 Å². The predicted molar refractivity (Wildman–Crippen MR) is 120 cm³/mol. The summed E-state index contributed by atoms with van der Waals surface area (Å²) in [5.74, 6) is 0.819. The first-order valence-corrected chi connectivity index (χ1v) is 11.5. The Morgan fingerprint density at radius 3 is 2.56 bits per heavy atom. The number of methoxy groups -OCH3 is 1. The van der Waals surface area contributed by atoms with Crippen molar-refractivity contribution < 1.29 is 18.3 Å². The van der Waals surface area contributed by atoms with Crippen LogP contribution < -0.4 is 10.1 Å². The summed E-state index contributed by atoms with van der Waals surface area (Å²) in [5.41, 5.74) is 0.907. The molecule has 4 rings (SSSR count). The van der Waals surface area contributed by atoms with Crippen LogP contribution >= 0.6 is 0 Å². The van der Waals surface area contributed by atoms with Crippen molar-refractivity contribution in [2.24, 2.45) is 0 Å². The standard InChI is InChI=1S/C24H33FN4O3/c1-31-22-8-7-19(16-20(22)25)18-27-11-13-29(14-12-27)24(30)26-17-21(23-6-5-15-32-23)28-9-3-2-4-10-28/h5-8,15-16,21H,2-4,9-14,17-18H2,1H3,(H,26,30). The number of carbonyl (C=O) groups is 1. The Hall–Kier alpha value is -2.58. The molecule has 7 nitrogen and oxygen atoms in total. The van der Waals surface area contributed by atoms with Crippen LogP contribution in [0.2, 0.25) is 0 Å². The summed E-state index contributed by atoms with van der Waals surface area (Å²) in [6.07, 6.45) is 5.33. The Morgan fingerprint density at radius 2 is 1.91 bits per heavy atom. The van der Waals surface area contributed by atoms with E-state index in [2.05, 4.69) is 15.1 Å². The zero-order valence-electron chi connectivity index (χ0n) is 18.8. The fourth-order valence-corrected chi connectivity index (χ4v) is 4.59. The number of amides is 2. The molecule has 174 valence electrons. The third kappa shape index (κ3) is 5.61. The molecule has 1 atom stereocenters. The van der Waals surface area contributed by atoms with Gasteiger partial charge in [0, 0.05) is 39.3 Å². The lowest BCUT2D eigenvalue weighted by atomic mass is 10.1. The normalized spacial score (nSPS) is 19.0. The highest BCUT2D eigenvalue weighted by molar-refractivity contribution is 5.74. The van der Waals surface area contributed by atoms with E-state index in [1.807, 2.05) is 23.1 Å². The van der Waals surface area contributed by atoms with Crippen LogP contribution in [-0.4, -0.2) is 73.7 Å². The number of nitrogens with one attached hydrogen (secondary N) is 1. The van der Waals surface area contributed by atoms with Crippen LogP contribution in [0.15, 0.2) is 41.0 Å². The van der Waals surface area contributed by atoms with Gasteiger partial charge in [0.1, 0.15) is 5.76 Å². The highest BCUT2D eigenvalue weighted by Gasteiger charge is 2.27. The number of benzene rings is 1. The maximum atomic E-state index is 13.9. The minimum Gasteiger partial charge on any atom is -0.494 e. The van der Waals surface area contributed by atoms with E-state index in [4.69, 9.17) is 9.15 Å². The van der Waals surface area contributed by atoms with Gasteiger partial charge in [0.15, 0.2) is 11.6 Å². The van der Waals surface area contributed by atoms with Crippen molar-refractivity contribution >= 4 is 6.03 Å². The second-order valence-electron chi connectivity index (χ2n) is 8.55. The first kappa shape index (κ1) is 22.6. The van der Waals surface area contributed by atoms with Crippen molar-refractivity contribution in [3.63, 3.8) is 0 Å². The van der Waals surface area contributed by atoms with Crippen LogP contribution in [0.3, 0.4) is 0 Å². The van der Waals surface area contributed by atoms with Crippen molar-refractivity contribution in [2.45, 2.75) is 31.8 Å². The number of ether oxygens (including phenoxy) is 1. The Morgan fingerprint density at radius 1 is 1.12 bits per heavy atom. The molecule has 32 heavy (non-hydrogen) atoms. The summed E-state index contributed by atoms with van der Waals surface area (Å²) in [7, 11) is 1.46. The number of hydrogen-bond acceptors (Lipinski definition) is 5. The first-order valence-electron chi connectivity index (χ1n) is 11.5. The van der Waals surface area contributed by atoms with Gasteiger partial charge in [-0.1, -0.05) is 12.5 Å². The lowest BCUT2D eigenvalue weighted by molar-refractivity contribution is 0.123. The quantitative estimate of drug-likeness (QED) is 0.709. The van der Waals surface area contributed by atoms with Crippen LogP contribution in [-0.2, 0) is 6.54 Å². The van der Waals surface area contributed by atoms with E-state index in [0.29, 0.717) is 26.2 Å². The van der Waals surface area contributed by atoms with Crippen molar-refractivity contribution in [1.82, 2.24) is 20.0 Å². The van der Waals surface area contributed by atoms with Gasteiger partial charge in [-0.25, -0.2) is 9.18 Å². The monoisotopic (exact) mass is 444 g/mol. The Kier molecular flexibility index (Phi) is 7.65. The van der Waals surface area contributed by atoms with Crippen LogP contribution in [0, 0.1) is 5.82 Å². The molecule has 0 radical (unpaired) electrons. The maximum absolute atomic E-state index is 13.9. The molecule has 2 fully saturated rings. The molecule has 3 heterocycles. The van der Waals surface area contributed by atoms with E-state index in [0.717, 1.165) is 37.5 Å². The average Bonchev–Trinajstić information content (AvgIpc) is 3.35. The summed E-state index contributed by atoms with van der Waals surface area (Å²) in [4.78, 5) is 19.3. The van der Waals surface area contributed by atoms with Gasteiger partial charge in [-0.05, 0) is 55.8 Å². The SMILES string of the molecule is COc1ccc(CN2CCN(C(=O)NCC(c3ccco3)N3CCCCC3)CC2)cc1F. The lowest BCUT2D eigenvalue weighted by Crippen LogP contribution is -2.52. The number of halogens is 1. The smallest absolute Gasteiger partial charge is 0.317 e. The zero-order valence-corrected chi connectivity index (χ0v) is 18.8. The number of carbonyl (C=O) groups excluding carboxylic acids is 1. The molecule has 1 unspecified atom stereocenters. The second kappa shape index (κ2) is 10.8. The van der Waals surface area contributed by atoms with Crippen molar-refractivity contribution in [1.29, 1.82) is 0 Å². The molecule has 2 aliphatic rings.